The average molecular weight is 297 g/mol. The molecule has 2 aromatic heterocycles. The second kappa shape index (κ2) is 6.23. The average Bonchev–Trinajstić information content (AvgIpc) is 3.00. The van der Waals surface area contributed by atoms with Gasteiger partial charge in [0.2, 0.25) is 0 Å². The van der Waals surface area contributed by atoms with E-state index in [1.54, 1.807) is 12.4 Å². The molecule has 3 rings (SSSR count). The number of aryl methyl sites for hydroxylation is 1. The van der Waals surface area contributed by atoms with Crippen molar-refractivity contribution in [3.8, 4) is 0 Å². The molecule has 1 N–H and O–H groups in total. The molecular weight excluding hydrogens is 278 g/mol. The van der Waals surface area contributed by atoms with Gasteiger partial charge in [-0.3, -0.25) is 19.7 Å². The van der Waals surface area contributed by atoms with Gasteiger partial charge < -0.3 is 5.11 Å². The fourth-order valence-corrected chi connectivity index (χ4v) is 3.08. The number of aliphatic carboxylic acids is 1. The summed E-state index contributed by atoms with van der Waals surface area (Å²) in [6.45, 7) is 2.76. The summed E-state index contributed by atoms with van der Waals surface area (Å²) in [6.07, 6.45) is 6.88. The first-order valence-corrected chi connectivity index (χ1v) is 7.48. The number of hydrogen-bond donors (Lipinski definition) is 1. The second-order valence-corrected chi connectivity index (χ2v) is 5.68. The van der Waals surface area contributed by atoms with Crippen molar-refractivity contribution in [2.75, 3.05) is 6.54 Å². The highest BCUT2D eigenvalue weighted by Crippen LogP contribution is 2.33. The van der Waals surface area contributed by atoms with Gasteiger partial charge in [-0.25, -0.2) is 0 Å². The van der Waals surface area contributed by atoms with Crippen LogP contribution >= 0.6 is 0 Å². The van der Waals surface area contributed by atoms with E-state index in [0.29, 0.717) is 6.42 Å². The molecule has 2 atom stereocenters. The van der Waals surface area contributed by atoms with E-state index in [0.717, 1.165) is 29.8 Å². The van der Waals surface area contributed by atoms with Crippen molar-refractivity contribution < 1.29 is 9.90 Å². The monoisotopic (exact) mass is 297 g/mol. The molecule has 1 aliphatic rings. The quantitative estimate of drug-likeness (QED) is 0.939. The van der Waals surface area contributed by atoms with Crippen molar-refractivity contribution >= 4 is 5.97 Å². The summed E-state index contributed by atoms with van der Waals surface area (Å²) in [5, 5.41) is 9.50. The molecule has 0 aromatic carbocycles. The number of pyridine rings is 2. The minimum absolute atomic E-state index is 0.146. The second-order valence-electron chi connectivity index (χ2n) is 5.68. The molecule has 0 radical (unpaired) electrons. The highest BCUT2D eigenvalue weighted by atomic mass is 16.4. The van der Waals surface area contributed by atoms with Gasteiger partial charge >= 0.3 is 5.97 Å². The molecule has 0 saturated carbocycles. The predicted molar refractivity (Wildman–Crippen MR) is 82.4 cm³/mol. The summed E-state index contributed by atoms with van der Waals surface area (Å²) in [5.41, 5.74) is 3.00. The van der Waals surface area contributed by atoms with E-state index in [9.17, 15) is 9.90 Å². The number of carbonyl (C=O) groups is 1. The standard InChI is InChI=1S/C17H19N3O2/c1-12-4-5-14(19-11-12)16(13-6-8-18-9-7-13)20-10-2-3-15(20)17(21)22/h4-9,11,15-16H,2-3,10H2,1H3,(H,21,22). The summed E-state index contributed by atoms with van der Waals surface area (Å²) >= 11 is 0. The lowest BCUT2D eigenvalue weighted by Crippen LogP contribution is -2.39. The largest absolute Gasteiger partial charge is 0.480 e. The normalized spacial score (nSPS) is 20.0. The number of carboxylic acids is 1. The topological polar surface area (TPSA) is 66.3 Å². The molecule has 2 unspecified atom stereocenters. The highest BCUT2D eigenvalue weighted by Gasteiger charge is 2.37. The van der Waals surface area contributed by atoms with Gasteiger partial charge in [-0.2, -0.15) is 0 Å². The number of hydrogen-bond acceptors (Lipinski definition) is 4. The van der Waals surface area contributed by atoms with Crippen molar-refractivity contribution in [2.45, 2.75) is 31.8 Å². The first kappa shape index (κ1) is 14.7. The Kier molecular flexibility index (Phi) is 4.15. The van der Waals surface area contributed by atoms with E-state index in [1.165, 1.54) is 0 Å². The third kappa shape index (κ3) is 2.85. The Bertz CT molecular complexity index is 643. The van der Waals surface area contributed by atoms with Gasteiger partial charge in [0.1, 0.15) is 6.04 Å². The zero-order chi connectivity index (χ0) is 15.5. The van der Waals surface area contributed by atoms with Gasteiger partial charge in [-0.05, 0) is 49.1 Å². The van der Waals surface area contributed by atoms with Crippen molar-refractivity contribution in [1.29, 1.82) is 0 Å². The van der Waals surface area contributed by atoms with E-state index in [2.05, 4.69) is 9.97 Å². The number of rotatable bonds is 4. The zero-order valence-electron chi connectivity index (χ0n) is 12.5. The van der Waals surface area contributed by atoms with Crippen LogP contribution < -0.4 is 0 Å². The van der Waals surface area contributed by atoms with Crippen LogP contribution in [0.4, 0.5) is 0 Å². The van der Waals surface area contributed by atoms with Crippen LogP contribution in [0.5, 0.6) is 0 Å². The van der Waals surface area contributed by atoms with Gasteiger partial charge in [0.25, 0.3) is 0 Å². The maximum Gasteiger partial charge on any atom is 0.320 e. The molecule has 1 aliphatic heterocycles. The van der Waals surface area contributed by atoms with E-state index >= 15 is 0 Å². The molecule has 0 aliphatic carbocycles. The Morgan fingerprint density at radius 2 is 2.09 bits per heavy atom. The van der Waals surface area contributed by atoms with Crippen molar-refractivity contribution in [3.05, 3.63) is 59.7 Å². The van der Waals surface area contributed by atoms with Crippen LogP contribution in [0.1, 0.15) is 35.7 Å². The SMILES string of the molecule is Cc1ccc(C(c2ccncc2)N2CCCC2C(=O)O)nc1. The van der Waals surface area contributed by atoms with Gasteiger partial charge in [0.15, 0.2) is 0 Å². The summed E-state index contributed by atoms with van der Waals surface area (Å²) in [6, 6.07) is 7.26. The molecule has 2 aromatic rings. The zero-order valence-corrected chi connectivity index (χ0v) is 12.5. The maximum atomic E-state index is 11.6. The molecule has 3 heterocycles. The fourth-order valence-electron chi connectivity index (χ4n) is 3.08. The third-order valence-corrected chi connectivity index (χ3v) is 4.15. The van der Waals surface area contributed by atoms with Gasteiger partial charge in [0.05, 0.1) is 11.7 Å². The molecule has 1 saturated heterocycles. The van der Waals surface area contributed by atoms with Gasteiger partial charge in [-0.15, -0.1) is 0 Å². The van der Waals surface area contributed by atoms with Crippen LogP contribution in [0.15, 0.2) is 42.9 Å². The minimum atomic E-state index is -0.760. The molecule has 114 valence electrons. The maximum absolute atomic E-state index is 11.6. The molecule has 0 spiro atoms. The van der Waals surface area contributed by atoms with Crippen LogP contribution in [-0.4, -0.2) is 38.5 Å². The van der Waals surface area contributed by atoms with E-state index in [4.69, 9.17) is 0 Å². The predicted octanol–water partition coefficient (Wildman–Crippen LogP) is 2.42. The van der Waals surface area contributed by atoms with Crippen LogP contribution in [0.2, 0.25) is 0 Å². The number of nitrogens with zero attached hydrogens (tertiary/aromatic N) is 3. The smallest absolute Gasteiger partial charge is 0.320 e. The van der Waals surface area contributed by atoms with E-state index in [1.807, 2.05) is 42.3 Å². The van der Waals surface area contributed by atoms with Crippen molar-refractivity contribution in [1.82, 2.24) is 14.9 Å². The molecule has 5 nitrogen and oxygen atoms in total. The number of likely N-dealkylation sites (tertiary alicyclic amines) is 1. The highest BCUT2D eigenvalue weighted by molar-refractivity contribution is 5.74. The van der Waals surface area contributed by atoms with Crippen LogP contribution in [-0.2, 0) is 4.79 Å². The Morgan fingerprint density at radius 3 is 2.73 bits per heavy atom. The molecule has 22 heavy (non-hydrogen) atoms. The third-order valence-electron chi connectivity index (χ3n) is 4.15. The molecule has 5 heteroatoms. The summed E-state index contributed by atoms with van der Waals surface area (Å²) in [5.74, 6) is -0.760. The number of carboxylic acid groups (broad SMARTS) is 1. The Labute approximate surface area is 129 Å². The van der Waals surface area contributed by atoms with E-state index < -0.39 is 12.0 Å². The first-order chi connectivity index (χ1) is 10.7. The van der Waals surface area contributed by atoms with Gasteiger partial charge in [-0.1, -0.05) is 6.07 Å². The lowest BCUT2D eigenvalue weighted by atomic mass is 10.0. The van der Waals surface area contributed by atoms with Crippen molar-refractivity contribution in [2.24, 2.45) is 0 Å². The summed E-state index contributed by atoms with van der Waals surface area (Å²) in [4.78, 5) is 22.2. The first-order valence-electron chi connectivity index (χ1n) is 7.48. The van der Waals surface area contributed by atoms with Crippen LogP contribution in [0.3, 0.4) is 0 Å². The van der Waals surface area contributed by atoms with Gasteiger partial charge in [0, 0.05) is 25.1 Å². The van der Waals surface area contributed by atoms with Crippen LogP contribution in [0, 0.1) is 6.92 Å². The Balaban J connectivity index is 2.03. The minimum Gasteiger partial charge on any atom is -0.480 e. The summed E-state index contributed by atoms with van der Waals surface area (Å²) < 4.78 is 0. The lowest BCUT2D eigenvalue weighted by molar-refractivity contribution is -0.142. The summed E-state index contributed by atoms with van der Waals surface area (Å²) in [7, 11) is 0. The fraction of sp³-hybridized carbons (Fsp3) is 0.353. The molecule has 1 fully saturated rings. The lowest BCUT2D eigenvalue weighted by Gasteiger charge is -2.31. The van der Waals surface area contributed by atoms with Crippen LogP contribution in [0.25, 0.3) is 0 Å². The van der Waals surface area contributed by atoms with E-state index in [-0.39, 0.29) is 6.04 Å². The molecular formula is C17H19N3O2. The van der Waals surface area contributed by atoms with Crippen molar-refractivity contribution in [3.63, 3.8) is 0 Å². The molecule has 0 bridgehead atoms. The Hall–Kier alpha value is -2.27. The Morgan fingerprint density at radius 1 is 1.32 bits per heavy atom. The number of aromatic nitrogens is 2. The molecule has 0 amide bonds.